The summed E-state index contributed by atoms with van der Waals surface area (Å²) in [5.74, 6) is 2.82. The van der Waals surface area contributed by atoms with Gasteiger partial charge in [0.05, 0.1) is 0 Å². The highest BCUT2D eigenvalue weighted by molar-refractivity contribution is 5.92. The van der Waals surface area contributed by atoms with Crippen LogP contribution in [0, 0.1) is 29.1 Å². The van der Waals surface area contributed by atoms with E-state index in [2.05, 4.69) is 34.6 Å². The molecule has 2 aliphatic carbocycles. The molecule has 0 unspecified atom stereocenters. The molecule has 0 bridgehead atoms. The van der Waals surface area contributed by atoms with E-state index >= 15 is 0 Å². The molecule has 2 heteroatoms. The Labute approximate surface area is 135 Å². The van der Waals surface area contributed by atoms with Crippen molar-refractivity contribution in [2.45, 2.75) is 73.1 Å². The van der Waals surface area contributed by atoms with E-state index in [-0.39, 0.29) is 5.41 Å². The third kappa shape index (κ3) is 3.88. The normalized spacial score (nSPS) is 33.4. The molecule has 0 spiro atoms. The van der Waals surface area contributed by atoms with E-state index in [1.54, 1.807) is 0 Å². The molecule has 1 saturated carbocycles. The van der Waals surface area contributed by atoms with Gasteiger partial charge in [-0.25, -0.2) is 0 Å². The second-order valence-electron chi connectivity index (χ2n) is 8.59. The molecule has 2 nitrogen and oxygen atoms in total. The van der Waals surface area contributed by atoms with Crippen LogP contribution in [0.15, 0.2) is 11.6 Å². The molecule has 1 fully saturated rings. The van der Waals surface area contributed by atoms with Crippen LogP contribution in [0.1, 0.15) is 73.1 Å². The zero-order chi connectivity index (χ0) is 16.5. The second kappa shape index (κ2) is 6.68. The minimum atomic E-state index is 0.161. The Hall–Kier alpha value is -0.920. The third-order valence-corrected chi connectivity index (χ3v) is 5.97. The van der Waals surface area contributed by atoms with Gasteiger partial charge in [-0.1, -0.05) is 33.3 Å². The number of fused-ring (bicyclic) bond motifs is 1. The number of carbonyl (C=O) groups is 2. The Morgan fingerprint density at radius 2 is 2.00 bits per heavy atom. The number of hydrogen-bond donors (Lipinski definition) is 0. The smallest absolute Gasteiger partial charge is 0.156 e. The summed E-state index contributed by atoms with van der Waals surface area (Å²) in [6.07, 6.45) is 7.47. The predicted molar refractivity (Wildman–Crippen MR) is 90.6 cm³/mol. The maximum atomic E-state index is 12.1. The highest BCUT2D eigenvalue weighted by Crippen LogP contribution is 2.52. The van der Waals surface area contributed by atoms with Gasteiger partial charge in [0.15, 0.2) is 5.78 Å². The molecule has 124 valence electrons. The quantitative estimate of drug-likeness (QED) is 0.718. The first-order chi connectivity index (χ1) is 10.2. The highest BCUT2D eigenvalue weighted by atomic mass is 16.1. The van der Waals surface area contributed by atoms with E-state index in [1.165, 1.54) is 12.0 Å². The number of ketones is 2. The van der Waals surface area contributed by atoms with Crippen molar-refractivity contribution in [3.8, 4) is 0 Å². The van der Waals surface area contributed by atoms with E-state index in [1.807, 2.05) is 6.08 Å². The van der Waals surface area contributed by atoms with Crippen molar-refractivity contribution in [3.05, 3.63) is 11.6 Å². The van der Waals surface area contributed by atoms with Gasteiger partial charge in [0, 0.05) is 19.3 Å². The lowest BCUT2D eigenvalue weighted by molar-refractivity contribution is -0.121. The first-order valence-corrected chi connectivity index (χ1v) is 8.94. The molecule has 0 amide bonds. The number of hydrogen-bond acceptors (Lipinski definition) is 2. The van der Waals surface area contributed by atoms with Crippen LogP contribution in [-0.2, 0) is 9.59 Å². The minimum absolute atomic E-state index is 0.161. The number of allylic oxidation sites excluding steroid dienone is 2. The van der Waals surface area contributed by atoms with Gasteiger partial charge >= 0.3 is 0 Å². The summed E-state index contributed by atoms with van der Waals surface area (Å²) in [5.41, 5.74) is 1.43. The SMILES string of the molecule is CC1=CC(=O)C[C@@]2(C)CC[C@H]([C@H](C)CC(=O)CC(C)C)C[C@@H]12. The average molecular weight is 304 g/mol. The predicted octanol–water partition coefficient (Wildman–Crippen LogP) is 4.97. The fourth-order valence-electron chi connectivity index (χ4n) is 4.73. The molecule has 0 heterocycles. The van der Waals surface area contributed by atoms with E-state index in [9.17, 15) is 9.59 Å². The average Bonchev–Trinajstić information content (AvgIpc) is 2.35. The zero-order valence-corrected chi connectivity index (χ0v) is 14.9. The third-order valence-electron chi connectivity index (χ3n) is 5.97. The molecule has 0 aromatic carbocycles. The van der Waals surface area contributed by atoms with Crippen molar-refractivity contribution >= 4 is 11.6 Å². The Morgan fingerprint density at radius 1 is 1.32 bits per heavy atom. The maximum absolute atomic E-state index is 12.1. The van der Waals surface area contributed by atoms with Crippen molar-refractivity contribution in [3.63, 3.8) is 0 Å². The summed E-state index contributed by atoms with van der Waals surface area (Å²) < 4.78 is 0. The lowest BCUT2D eigenvalue weighted by Crippen LogP contribution is -2.40. The lowest BCUT2D eigenvalue weighted by Gasteiger charge is -2.48. The van der Waals surface area contributed by atoms with E-state index in [0.29, 0.717) is 48.1 Å². The molecule has 0 saturated heterocycles. The molecule has 0 aromatic rings. The van der Waals surface area contributed by atoms with Gasteiger partial charge in [0.2, 0.25) is 0 Å². The first kappa shape index (κ1) is 17.4. The molecular weight excluding hydrogens is 272 g/mol. The van der Waals surface area contributed by atoms with Crippen molar-refractivity contribution in [2.75, 3.05) is 0 Å². The number of carbonyl (C=O) groups excluding carboxylic acids is 2. The van der Waals surface area contributed by atoms with Crippen LogP contribution in [0.2, 0.25) is 0 Å². The van der Waals surface area contributed by atoms with Crippen molar-refractivity contribution < 1.29 is 9.59 Å². The molecule has 22 heavy (non-hydrogen) atoms. The van der Waals surface area contributed by atoms with Crippen molar-refractivity contribution in [1.82, 2.24) is 0 Å². The molecule has 0 aliphatic heterocycles. The highest BCUT2D eigenvalue weighted by Gasteiger charge is 2.44. The van der Waals surface area contributed by atoms with Gasteiger partial charge in [-0.2, -0.15) is 0 Å². The lowest BCUT2D eigenvalue weighted by atomic mass is 9.56. The fourth-order valence-corrected chi connectivity index (χ4v) is 4.73. The minimum Gasteiger partial charge on any atom is -0.300 e. The monoisotopic (exact) mass is 304 g/mol. The Morgan fingerprint density at radius 3 is 2.64 bits per heavy atom. The van der Waals surface area contributed by atoms with E-state index < -0.39 is 0 Å². The summed E-state index contributed by atoms with van der Waals surface area (Å²) in [6.45, 7) is 10.9. The van der Waals surface area contributed by atoms with Crippen LogP contribution in [0.3, 0.4) is 0 Å². The molecule has 0 radical (unpaired) electrons. The number of rotatable bonds is 5. The molecule has 2 aliphatic rings. The topological polar surface area (TPSA) is 34.1 Å². The van der Waals surface area contributed by atoms with E-state index in [0.717, 1.165) is 19.3 Å². The largest absolute Gasteiger partial charge is 0.300 e. The summed E-state index contributed by atoms with van der Waals surface area (Å²) >= 11 is 0. The van der Waals surface area contributed by atoms with Crippen LogP contribution in [0.4, 0.5) is 0 Å². The summed E-state index contributed by atoms with van der Waals surface area (Å²) in [6, 6.07) is 0. The maximum Gasteiger partial charge on any atom is 0.156 e. The van der Waals surface area contributed by atoms with Crippen LogP contribution in [0.25, 0.3) is 0 Å². The van der Waals surface area contributed by atoms with Crippen molar-refractivity contribution in [2.24, 2.45) is 29.1 Å². The Bertz CT molecular complexity index is 474. The molecule has 2 rings (SSSR count). The summed E-state index contributed by atoms with van der Waals surface area (Å²) in [4.78, 5) is 24.0. The van der Waals surface area contributed by atoms with Gasteiger partial charge in [-0.15, -0.1) is 0 Å². The zero-order valence-electron chi connectivity index (χ0n) is 14.9. The molecule has 4 atom stereocenters. The summed E-state index contributed by atoms with van der Waals surface area (Å²) in [5, 5.41) is 0. The van der Waals surface area contributed by atoms with Crippen molar-refractivity contribution in [1.29, 1.82) is 0 Å². The van der Waals surface area contributed by atoms with Crippen LogP contribution in [-0.4, -0.2) is 11.6 Å². The van der Waals surface area contributed by atoms with Crippen LogP contribution in [0.5, 0.6) is 0 Å². The summed E-state index contributed by atoms with van der Waals surface area (Å²) in [7, 11) is 0. The van der Waals surface area contributed by atoms with Gasteiger partial charge in [-0.3, -0.25) is 9.59 Å². The van der Waals surface area contributed by atoms with Crippen LogP contribution >= 0.6 is 0 Å². The Balaban J connectivity index is 2.00. The van der Waals surface area contributed by atoms with Gasteiger partial charge in [-0.05, 0) is 61.3 Å². The van der Waals surface area contributed by atoms with Gasteiger partial charge < -0.3 is 0 Å². The standard InChI is InChI=1S/C20H32O2/c1-13(2)8-17(21)9-14(3)16-6-7-20(5)12-18(22)10-15(4)19(20)11-16/h10,13-14,16,19H,6-9,11-12H2,1-5H3/t14-,16+,19+,20-/m1/s1. The molecule has 0 N–H and O–H groups in total. The van der Waals surface area contributed by atoms with Gasteiger partial charge in [0.1, 0.15) is 5.78 Å². The number of Topliss-reactive ketones (excluding diaryl/α,β-unsaturated/α-hetero) is 1. The Kier molecular flexibility index (Phi) is 5.29. The molecule has 0 aromatic heterocycles. The molecular formula is C20H32O2. The van der Waals surface area contributed by atoms with Gasteiger partial charge in [0.25, 0.3) is 0 Å². The van der Waals surface area contributed by atoms with Crippen LogP contribution < -0.4 is 0 Å². The second-order valence-corrected chi connectivity index (χ2v) is 8.59. The van der Waals surface area contributed by atoms with E-state index in [4.69, 9.17) is 0 Å². The fraction of sp³-hybridized carbons (Fsp3) is 0.800. The first-order valence-electron chi connectivity index (χ1n) is 8.94.